The molecule has 0 aromatic carbocycles. The molecule has 0 atom stereocenters. The lowest BCUT2D eigenvalue weighted by Gasteiger charge is -2.15. The van der Waals surface area contributed by atoms with Gasteiger partial charge in [-0.25, -0.2) is 9.78 Å². The molecule has 0 radical (unpaired) electrons. The van der Waals surface area contributed by atoms with Crippen molar-refractivity contribution in [3.63, 3.8) is 0 Å². The molecule has 0 saturated heterocycles. The van der Waals surface area contributed by atoms with Crippen molar-refractivity contribution >= 4 is 27.7 Å². The van der Waals surface area contributed by atoms with Gasteiger partial charge in [0.1, 0.15) is 5.82 Å². The van der Waals surface area contributed by atoms with Crippen LogP contribution in [0.2, 0.25) is 0 Å². The molecule has 1 aromatic rings. The van der Waals surface area contributed by atoms with Gasteiger partial charge in [-0.15, -0.1) is 0 Å². The summed E-state index contributed by atoms with van der Waals surface area (Å²) in [6.07, 6.45) is 1.50. The Kier molecular flexibility index (Phi) is 3.46. The first-order chi connectivity index (χ1) is 6.56. The van der Waals surface area contributed by atoms with E-state index in [0.29, 0.717) is 10.3 Å². The lowest BCUT2D eigenvalue weighted by Crippen LogP contribution is -2.17. The maximum Gasteiger partial charge on any atom is 0.337 e. The van der Waals surface area contributed by atoms with E-state index < -0.39 is 5.97 Å². The zero-order valence-corrected chi connectivity index (χ0v) is 9.58. The van der Waals surface area contributed by atoms with Gasteiger partial charge in [-0.3, -0.25) is 0 Å². The molecule has 0 unspecified atom stereocenters. The molecule has 0 saturated carbocycles. The number of aromatic carboxylic acids is 1. The van der Waals surface area contributed by atoms with Crippen molar-refractivity contribution in [1.29, 1.82) is 0 Å². The summed E-state index contributed by atoms with van der Waals surface area (Å²) in [5.41, 5.74) is 0.232. The Morgan fingerprint density at radius 1 is 1.71 bits per heavy atom. The molecular formula is C9H11BrN2O2. The second kappa shape index (κ2) is 4.41. The Hall–Kier alpha value is -1.10. The minimum absolute atomic E-state index is 0.232. The van der Waals surface area contributed by atoms with Crippen LogP contribution in [0.1, 0.15) is 17.3 Å². The number of hydrogen-bond acceptors (Lipinski definition) is 3. The molecule has 14 heavy (non-hydrogen) atoms. The zero-order chi connectivity index (χ0) is 10.7. The number of hydrogen-bond donors (Lipinski definition) is 1. The van der Waals surface area contributed by atoms with Crippen molar-refractivity contribution < 1.29 is 9.90 Å². The van der Waals surface area contributed by atoms with Gasteiger partial charge in [0.2, 0.25) is 0 Å². The number of carbonyl (C=O) groups is 1. The van der Waals surface area contributed by atoms with E-state index in [1.54, 1.807) is 6.07 Å². The summed E-state index contributed by atoms with van der Waals surface area (Å²) in [6, 6.07) is 1.55. The fourth-order valence-corrected chi connectivity index (χ4v) is 1.35. The minimum Gasteiger partial charge on any atom is -0.478 e. The van der Waals surface area contributed by atoms with Gasteiger partial charge in [-0.1, -0.05) is 0 Å². The number of anilines is 1. The number of nitrogens with zero attached hydrogens (tertiary/aromatic N) is 2. The number of aromatic nitrogens is 1. The Labute approximate surface area is 90.7 Å². The van der Waals surface area contributed by atoms with Crippen LogP contribution < -0.4 is 4.90 Å². The van der Waals surface area contributed by atoms with E-state index in [9.17, 15) is 4.79 Å². The summed E-state index contributed by atoms with van der Waals surface area (Å²) < 4.78 is 0.498. The average Bonchev–Trinajstić information content (AvgIpc) is 2.17. The van der Waals surface area contributed by atoms with Gasteiger partial charge in [0.05, 0.1) is 10.0 Å². The zero-order valence-electron chi connectivity index (χ0n) is 7.99. The van der Waals surface area contributed by atoms with E-state index in [-0.39, 0.29) is 5.56 Å². The summed E-state index contributed by atoms with van der Waals surface area (Å²) >= 11 is 3.14. The van der Waals surface area contributed by atoms with Crippen molar-refractivity contribution in [1.82, 2.24) is 4.98 Å². The second-order valence-electron chi connectivity index (χ2n) is 2.84. The van der Waals surface area contributed by atoms with Crippen LogP contribution >= 0.6 is 15.9 Å². The molecule has 1 heterocycles. The smallest absolute Gasteiger partial charge is 0.337 e. The maximum atomic E-state index is 10.8. The molecule has 0 aliphatic carbocycles. The monoisotopic (exact) mass is 258 g/mol. The topological polar surface area (TPSA) is 53.4 Å². The molecule has 0 fully saturated rings. The van der Waals surface area contributed by atoms with Crippen LogP contribution in [0.5, 0.6) is 0 Å². The Bertz CT molecular complexity index is 355. The third-order valence-electron chi connectivity index (χ3n) is 1.94. The number of rotatable bonds is 3. The summed E-state index contributed by atoms with van der Waals surface area (Å²) in [6.45, 7) is 2.76. The average molecular weight is 259 g/mol. The minimum atomic E-state index is -0.954. The summed E-state index contributed by atoms with van der Waals surface area (Å²) in [5.74, 6) is -0.293. The van der Waals surface area contributed by atoms with Gasteiger partial charge < -0.3 is 10.0 Å². The third-order valence-corrected chi connectivity index (χ3v) is 2.57. The molecule has 1 aromatic heterocycles. The predicted molar refractivity (Wildman–Crippen MR) is 57.8 cm³/mol. The van der Waals surface area contributed by atoms with Crippen molar-refractivity contribution in [2.45, 2.75) is 6.92 Å². The van der Waals surface area contributed by atoms with E-state index >= 15 is 0 Å². The Morgan fingerprint density at radius 2 is 2.36 bits per heavy atom. The first-order valence-electron chi connectivity index (χ1n) is 4.16. The number of halogens is 1. The van der Waals surface area contributed by atoms with Crippen LogP contribution in [0.4, 0.5) is 5.82 Å². The van der Waals surface area contributed by atoms with Crippen molar-refractivity contribution in [2.75, 3.05) is 18.5 Å². The summed E-state index contributed by atoms with van der Waals surface area (Å²) in [5, 5.41) is 8.87. The molecule has 0 amide bonds. The first kappa shape index (κ1) is 11.0. The highest BCUT2D eigenvalue weighted by Gasteiger charge is 2.11. The maximum absolute atomic E-state index is 10.8. The quantitative estimate of drug-likeness (QED) is 0.901. The molecule has 1 N–H and O–H groups in total. The van der Waals surface area contributed by atoms with Crippen molar-refractivity contribution in [3.8, 4) is 0 Å². The number of carboxylic acids is 1. The SMILES string of the molecule is CCN(C)c1cc(C(=O)O)c(Br)cn1. The van der Waals surface area contributed by atoms with E-state index in [2.05, 4.69) is 20.9 Å². The van der Waals surface area contributed by atoms with Crippen LogP contribution in [-0.2, 0) is 0 Å². The van der Waals surface area contributed by atoms with Gasteiger partial charge in [-0.2, -0.15) is 0 Å². The van der Waals surface area contributed by atoms with Gasteiger partial charge >= 0.3 is 5.97 Å². The van der Waals surface area contributed by atoms with E-state index in [4.69, 9.17) is 5.11 Å². The first-order valence-corrected chi connectivity index (χ1v) is 4.95. The summed E-state index contributed by atoms with van der Waals surface area (Å²) in [7, 11) is 1.86. The van der Waals surface area contributed by atoms with Crippen LogP contribution in [0.25, 0.3) is 0 Å². The fraction of sp³-hybridized carbons (Fsp3) is 0.333. The standard InChI is InChI=1S/C9H11BrN2O2/c1-3-12(2)8-4-6(9(13)14)7(10)5-11-8/h4-5H,3H2,1-2H3,(H,13,14). The highest BCUT2D eigenvalue weighted by molar-refractivity contribution is 9.10. The molecule has 1 rings (SSSR count). The molecule has 4 nitrogen and oxygen atoms in total. The highest BCUT2D eigenvalue weighted by Crippen LogP contribution is 2.20. The lowest BCUT2D eigenvalue weighted by molar-refractivity contribution is 0.0696. The van der Waals surface area contributed by atoms with Gasteiger partial charge in [0.25, 0.3) is 0 Å². The third kappa shape index (κ3) is 2.23. The van der Waals surface area contributed by atoms with E-state index in [1.165, 1.54) is 6.20 Å². The van der Waals surface area contributed by atoms with Gasteiger partial charge in [-0.05, 0) is 28.9 Å². The molecular weight excluding hydrogens is 248 g/mol. The van der Waals surface area contributed by atoms with Crippen LogP contribution in [-0.4, -0.2) is 29.7 Å². The molecule has 0 bridgehead atoms. The Morgan fingerprint density at radius 3 is 2.86 bits per heavy atom. The number of pyridine rings is 1. The molecule has 5 heteroatoms. The summed E-state index contributed by atoms with van der Waals surface area (Å²) in [4.78, 5) is 16.8. The second-order valence-corrected chi connectivity index (χ2v) is 3.70. The van der Waals surface area contributed by atoms with Gasteiger partial charge in [0, 0.05) is 19.8 Å². The van der Waals surface area contributed by atoms with Crippen LogP contribution in [0, 0.1) is 0 Å². The number of carboxylic acid groups (broad SMARTS) is 1. The van der Waals surface area contributed by atoms with Crippen molar-refractivity contribution in [2.24, 2.45) is 0 Å². The highest BCUT2D eigenvalue weighted by atomic mass is 79.9. The molecule has 0 aliphatic heterocycles. The van der Waals surface area contributed by atoms with Gasteiger partial charge in [0.15, 0.2) is 0 Å². The van der Waals surface area contributed by atoms with E-state index in [1.807, 2.05) is 18.9 Å². The normalized spacial score (nSPS) is 9.93. The van der Waals surface area contributed by atoms with Crippen molar-refractivity contribution in [3.05, 3.63) is 22.3 Å². The van der Waals surface area contributed by atoms with Crippen LogP contribution in [0.3, 0.4) is 0 Å². The van der Waals surface area contributed by atoms with Crippen LogP contribution in [0.15, 0.2) is 16.7 Å². The fourth-order valence-electron chi connectivity index (χ4n) is 0.962. The molecule has 76 valence electrons. The lowest BCUT2D eigenvalue weighted by atomic mass is 10.2. The van der Waals surface area contributed by atoms with E-state index in [0.717, 1.165) is 6.54 Å². The predicted octanol–water partition coefficient (Wildman–Crippen LogP) is 2.00. The Balaban J connectivity index is 3.12. The largest absolute Gasteiger partial charge is 0.478 e. The molecule has 0 spiro atoms. The molecule has 0 aliphatic rings.